The average molecular weight is 212 g/mol. The van der Waals surface area contributed by atoms with Gasteiger partial charge in [0.2, 0.25) is 6.39 Å². The van der Waals surface area contributed by atoms with Gasteiger partial charge >= 0.3 is 0 Å². The van der Waals surface area contributed by atoms with Crippen LogP contribution in [0.3, 0.4) is 0 Å². The number of hydrogen-bond donors (Lipinski definition) is 1. The molecule has 2 heterocycles. The molecule has 1 unspecified atom stereocenters. The van der Waals surface area contributed by atoms with E-state index in [4.69, 9.17) is 0 Å². The van der Waals surface area contributed by atoms with Gasteiger partial charge in [0.1, 0.15) is 6.54 Å². The van der Waals surface area contributed by atoms with Crippen LogP contribution in [-0.4, -0.2) is 27.1 Å². The van der Waals surface area contributed by atoms with E-state index >= 15 is 0 Å². The number of aromatic nitrogens is 2. The predicted octanol–water partition coefficient (Wildman–Crippen LogP) is 1.04. The standard InChI is InChI=1S/C8H12N4OS/c1-2-6-4-14-8(11-6)9-3-7-10-5-13-12-7/h5-6H,2-4H2,1H3,(H,9,11). The molecule has 1 fully saturated rings. The summed E-state index contributed by atoms with van der Waals surface area (Å²) in [6.45, 7) is 2.66. The molecule has 0 amide bonds. The van der Waals surface area contributed by atoms with Crippen molar-refractivity contribution in [3.8, 4) is 0 Å². The molecule has 1 saturated heterocycles. The van der Waals surface area contributed by atoms with Gasteiger partial charge in [0.25, 0.3) is 0 Å². The van der Waals surface area contributed by atoms with Crippen molar-refractivity contribution in [3.05, 3.63) is 12.2 Å². The highest BCUT2D eigenvalue weighted by atomic mass is 32.2. The van der Waals surface area contributed by atoms with Gasteiger partial charge in [-0.25, -0.2) is 0 Å². The molecule has 1 aliphatic heterocycles. The molecule has 0 aromatic carbocycles. The molecule has 1 aromatic rings. The van der Waals surface area contributed by atoms with Crippen LogP contribution in [-0.2, 0) is 6.54 Å². The van der Waals surface area contributed by atoms with E-state index in [9.17, 15) is 0 Å². The van der Waals surface area contributed by atoms with Crippen molar-refractivity contribution in [1.29, 1.82) is 0 Å². The van der Waals surface area contributed by atoms with Gasteiger partial charge in [0.15, 0.2) is 11.0 Å². The van der Waals surface area contributed by atoms with E-state index in [0.29, 0.717) is 18.4 Å². The summed E-state index contributed by atoms with van der Waals surface area (Å²) in [4.78, 5) is 8.24. The molecule has 0 aliphatic carbocycles. The first-order valence-corrected chi connectivity index (χ1v) is 5.56. The lowest BCUT2D eigenvalue weighted by Crippen LogP contribution is -2.25. The number of nitrogens with one attached hydrogen (secondary N) is 1. The smallest absolute Gasteiger partial charge is 0.213 e. The molecule has 5 nitrogen and oxygen atoms in total. The molecule has 0 saturated carbocycles. The van der Waals surface area contributed by atoms with Gasteiger partial charge in [0.05, 0.1) is 0 Å². The Labute approximate surface area is 86.4 Å². The number of aliphatic imine (C=N–C) groups is 1. The van der Waals surface area contributed by atoms with Crippen molar-refractivity contribution in [2.45, 2.75) is 25.9 Å². The molecule has 1 atom stereocenters. The normalized spacial score (nSPS) is 24.1. The third-order valence-corrected chi connectivity index (χ3v) is 3.10. The third kappa shape index (κ3) is 2.25. The lowest BCUT2D eigenvalue weighted by atomic mass is 10.3. The largest absolute Gasteiger partial charge is 0.361 e. The van der Waals surface area contributed by atoms with Crippen LogP contribution >= 0.6 is 11.8 Å². The topological polar surface area (TPSA) is 63.3 Å². The minimum atomic E-state index is 0.488. The van der Waals surface area contributed by atoms with Crippen LogP contribution in [0.2, 0.25) is 0 Å². The Kier molecular flexibility index (Phi) is 3.03. The molecule has 6 heteroatoms. The minimum Gasteiger partial charge on any atom is -0.361 e. The van der Waals surface area contributed by atoms with Gasteiger partial charge in [0, 0.05) is 11.8 Å². The van der Waals surface area contributed by atoms with Gasteiger partial charge in [-0.3, -0.25) is 4.99 Å². The van der Waals surface area contributed by atoms with E-state index in [1.807, 2.05) is 0 Å². The molecule has 0 radical (unpaired) electrons. The maximum atomic E-state index is 4.61. The fourth-order valence-corrected chi connectivity index (χ4v) is 2.24. The molecule has 14 heavy (non-hydrogen) atoms. The lowest BCUT2D eigenvalue weighted by Gasteiger charge is -2.03. The lowest BCUT2D eigenvalue weighted by molar-refractivity contribution is 0.410. The molecule has 1 aliphatic rings. The number of thioether (sulfide) groups is 1. The van der Waals surface area contributed by atoms with E-state index in [0.717, 1.165) is 17.3 Å². The van der Waals surface area contributed by atoms with Crippen LogP contribution in [0.25, 0.3) is 0 Å². The summed E-state index contributed by atoms with van der Waals surface area (Å²) in [6, 6.07) is 0.559. The van der Waals surface area contributed by atoms with E-state index < -0.39 is 0 Å². The summed E-state index contributed by atoms with van der Waals surface area (Å²) < 4.78 is 4.61. The molecule has 0 spiro atoms. The van der Waals surface area contributed by atoms with Gasteiger partial charge < -0.3 is 9.84 Å². The summed E-state index contributed by atoms with van der Waals surface area (Å²) in [5, 5.41) is 8.00. The number of rotatable bonds is 3. The number of hydrogen-bond acceptors (Lipinski definition) is 5. The Morgan fingerprint density at radius 1 is 1.79 bits per heavy atom. The van der Waals surface area contributed by atoms with Gasteiger partial charge in [-0.1, -0.05) is 23.8 Å². The zero-order chi connectivity index (χ0) is 9.80. The summed E-state index contributed by atoms with van der Waals surface area (Å²) in [5.41, 5.74) is 0. The molecule has 0 bridgehead atoms. The fraction of sp³-hybridized carbons (Fsp3) is 0.625. The fourth-order valence-electron chi connectivity index (χ4n) is 1.15. The van der Waals surface area contributed by atoms with Crippen LogP contribution in [0.5, 0.6) is 0 Å². The van der Waals surface area contributed by atoms with Crippen molar-refractivity contribution in [2.24, 2.45) is 4.99 Å². The van der Waals surface area contributed by atoms with Crippen molar-refractivity contribution >= 4 is 16.9 Å². The third-order valence-electron chi connectivity index (χ3n) is 2.01. The first kappa shape index (κ1) is 9.51. The Balaban J connectivity index is 1.87. The van der Waals surface area contributed by atoms with Crippen molar-refractivity contribution in [2.75, 3.05) is 5.75 Å². The van der Waals surface area contributed by atoms with E-state index in [2.05, 4.69) is 31.9 Å². The highest BCUT2D eigenvalue weighted by molar-refractivity contribution is 8.14. The SMILES string of the molecule is CCC1CSC(=NCc2ncon2)N1. The Hall–Kier alpha value is -1.04. The average Bonchev–Trinajstić information content (AvgIpc) is 2.86. The van der Waals surface area contributed by atoms with Crippen LogP contribution in [0, 0.1) is 0 Å². The Bertz CT molecular complexity index is 311. The second-order valence-electron chi connectivity index (χ2n) is 3.03. The first-order valence-electron chi connectivity index (χ1n) is 4.57. The number of nitrogens with zero attached hydrogens (tertiary/aromatic N) is 3. The Morgan fingerprint density at radius 2 is 2.71 bits per heavy atom. The van der Waals surface area contributed by atoms with Gasteiger partial charge in [-0.15, -0.1) is 0 Å². The first-order chi connectivity index (χ1) is 6.88. The zero-order valence-corrected chi connectivity index (χ0v) is 8.75. The van der Waals surface area contributed by atoms with Crippen LogP contribution < -0.4 is 5.32 Å². The second kappa shape index (κ2) is 4.45. The van der Waals surface area contributed by atoms with Crippen molar-refractivity contribution in [3.63, 3.8) is 0 Å². The second-order valence-corrected chi connectivity index (χ2v) is 4.04. The zero-order valence-electron chi connectivity index (χ0n) is 7.93. The molecule has 1 N–H and O–H groups in total. The number of amidine groups is 1. The molecular weight excluding hydrogens is 200 g/mol. The molecule has 2 rings (SSSR count). The quantitative estimate of drug-likeness (QED) is 0.811. The molecule has 1 aromatic heterocycles. The summed E-state index contributed by atoms with van der Waals surface area (Å²) >= 11 is 1.75. The summed E-state index contributed by atoms with van der Waals surface area (Å²) in [6.07, 6.45) is 2.45. The van der Waals surface area contributed by atoms with Crippen molar-refractivity contribution in [1.82, 2.24) is 15.5 Å². The summed E-state index contributed by atoms with van der Waals surface area (Å²) in [5.74, 6) is 1.72. The van der Waals surface area contributed by atoms with E-state index in [1.165, 1.54) is 6.39 Å². The molecular formula is C8H12N4OS. The van der Waals surface area contributed by atoms with Crippen LogP contribution in [0.15, 0.2) is 15.9 Å². The van der Waals surface area contributed by atoms with E-state index in [-0.39, 0.29) is 0 Å². The highest BCUT2D eigenvalue weighted by Gasteiger charge is 2.17. The molecule has 76 valence electrons. The minimum absolute atomic E-state index is 0.488. The van der Waals surface area contributed by atoms with Crippen LogP contribution in [0.4, 0.5) is 0 Å². The predicted molar refractivity (Wildman–Crippen MR) is 55.1 cm³/mol. The van der Waals surface area contributed by atoms with Gasteiger partial charge in [-0.2, -0.15) is 4.98 Å². The highest BCUT2D eigenvalue weighted by Crippen LogP contribution is 2.15. The van der Waals surface area contributed by atoms with Crippen LogP contribution in [0.1, 0.15) is 19.2 Å². The van der Waals surface area contributed by atoms with E-state index in [1.54, 1.807) is 11.8 Å². The maximum absolute atomic E-state index is 4.61. The van der Waals surface area contributed by atoms with Crippen molar-refractivity contribution < 1.29 is 4.52 Å². The monoisotopic (exact) mass is 212 g/mol. The van der Waals surface area contributed by atoms with Gasteiger partial charge in [-0.05, 0) is 6.42 Å². The summed E-state index contributed by atoms with van der Waals surface area (Å²) in [7, 11) is 0. The Morgan fingerprint density at radius 3 is 3.36 bits per heavy atom. The maximum Gasteiger partial charge on any atom is 0.213 e.